The Bertz CT molecular complexity index is 595. The highest BCUT2D eigenvalue weighted by molar-refractivity contribution is 5.92. The molecule has 2 aromatic carbocycles. The lowest BCUT2D eigenvalue weighted by molar-refractivity contribution is -0.115. The molecule has 0 saturated carbocycles. The summed E-state index contributed by atoms with van der Waals surface area (Å²) in [5, 5.41) is 6.11. The Kier molecular flexibility index (Phi) is 3.79. The van der Waals surface area contributed by atoms with Gasteiger partial charge in [-0.05, 0) is 29.7 Å². The van der Waals surface area contributed by atoms with Crippen LogP contribution in [0.25, 0.3) is 0 Å². The summed E-state index contributed by atoms with van der Waals surface area (Å²) in [5.41, 5.74) is 3.70. The molecule has 0 bridgehead atoms. The molecule has 3 heteroatoms. The van der Waals surface area contributed by atoms with Crippen LogP contribution < -0.4 is 10.6 Å². The molecule has 2 N–H and O–H groups in total. The van der Waals surface area contributed by atoms with Crippen LogP contribution in [0.4, 0.5) is 5.69 Å². The van der Waals surface area contributed by atoms with Crippen molar-refractivity contribution in [3.05, 3.63) is 65.7 Å². The zero-order chi connectivity index (χ0) is 13.8. The molecule has 0 radical (unpaired) electrons. The number of hydrogen-bond donors (Lipinski definition) is 2. The number of para-hydroxylation sites is 1. The number of carbonyl (C=O) groups is 1. The van der Waals surface area contributed by atoms with Gasteiger partial charge in [-0.2, -0.15) is 0 Å². The maximum absolute atomic E-state index is 11.8. The van der Waals surface area contributed by atoms with Gasteiger partial charge in [0.1, 0.15) is 0 Å². The lowest BCUT2D eigenvalue weighted by Gasteiger charge is -2.30. The third-order valence-electron chi connectivity index (χ3n) is 3.70. The van der Waals surface area contributed by atoms with Gasteiger partial charge in [0.25, 0.3) is 0 Å². The highest BCUT2D eigenvalue weighted by atomic mass is 16.1. The Morgan fingerprint density at radius 2 is 1.80 bits per heavy atom. The fourth-order valence-electron chi connectivity index (χ4n) is 2.63. The zero-order valence-corrected chi connectivity index (χ0v) is 11.3. The minimum Gasteiger partial charge on any atom is -0.325 e. The maximum Gasteiger partial charge on any atom is 0.238 e. The third-order valence-corrected chi connectivity index (χ3v) is 3.70. The van der Waals surface area contributed by atoms with E-state index in [0.29, 0.717) is 12.5 Å². The standard InChI is InChI=1S/C17H18N2O/c20-17(19-15-7-2-1-3-8-15)12-18-11-14-10-13-6-4-5-9-16(13)14/h1-9,14,18H,10-12H2,(H,19,20). The fourth-order valence-corrected chi connectivity index (χ4v) is 2.63. The minimum atomic E-state index is 0.00353. The first-order chi connectivity index (χ1) is 9.83. The van der Waals surface area contributed by atoms with Gasteiger partial charge in [-0.15, -0.1) is 0 Å². The van der Waals surface area contributed by atoms with Crippen LogP contribution in [0.1, 0.15) is 17.0 Å². The number of hydrogen-bond acceptors (Lipinski definition) is 2. The van der Waals surface area contributed by atoms with Crippen molar-refractivity contribution in [2.75, 3.05) is 18.4 Å². The molecule has 3 rings (SSSR count). The van der Waals surface area contributed by atoms with E-state index < -0.39 is 0 Å². The van der Waals surface area contributed by atoms with Gasteiger partial charge >= 0.3 is 0 Å². The second-order valence-corrected chi connectivity index (χ2v) is 5.14. The molecule has 0 heterocycles. The van der Waals surface area contributed by atoms with Crippen molar-refractivity contribution >= 4 is 11.6 Å². The monoisotopic (exact) mass is 266 g/mol. The van der Waals surface area contributed by atoms with Crippen LogP contribution in [0.5, 0.6) is 0 Å². The first-order valence-corrected chi connectivity index (χ1v) is 6.96. The molecule has 1 aliphatic carbocycles. The van der Waals surface area contributed by atoms with E-state index in [1.54, 1.807) is 0 Å². The van der Waals surface area contributed by atoms with E-state index in [4.69, 9.17) is 0 Å². The summed E-state index contributed by atoms with van der Waals surface area (Å²) in [4.78, 5) is 11.8. The smallest absolute Gasteiger partial charge is 0.238 e. The van der Waals surface area contributed by atoms with E-state index in [9.17, 15) is 4.79 Å². The van der Waals surface area contributed by atoms with E-state index in [2.05, 4.69) is 34.9 Å². The number of rotatable bonds is 5. The molecule has 1 atom stereocenters. The molecular weight excluding hydrogens is 248 g/mol. The van der Waals surface area contributed by atoms with Gasteiger partial charge in [0, 0.05) is 18.2 Å². The first-order valence-electron chi connectivity index (χ1n) is 6.96. The maximum atomic E-state index is 11.8. The van der Waals surface area contributed by atoms with Crippen LogP contribution in [0, 0.1) is 0 Å². The molecule has 0 spiro atoms. The topological polar surface area (TPSA) is 41.1 Å². The number of benzene rings is 2. The number of carbonyl (C=O) groups excluding carboxylic acids is 1. The highest BCUT2D eigenvalue weighted by Gasteiger charge is 2.24. The quantitative estimate of drug-likeness (QED) is 0.873. The predicted octanol–water partition coefficient (Wildman–Crippen LogP) is 2.55. The van der Waals surface area contributed by atoms with Crippen molar-refractivity contribution in [3.63, 3.8) is 0 Å². The number of fused-ring (bicyclic) bond motifs is 1. The molecule has 3 nitrogen and oxygen atoms in total. The predicted molar refractivity (Wildman–Crippen MR) is 80.8 cm³/mol. The molecule has 1 unspecified atom stereocenters. The molecule has 0 aromatic heterocycles. The number of amides is 1. The molecule has 1 amide bonds. The van der Waals surface area contributed by atoms with Crippen molar-refractivity contribution in [3.8, 4) is 0 Å². The Balaban J connectivity index is 1.42. The van der Waals surface area contributed by atoms with Crippen molar-refractivity contribution in [2.24, 2.45) is 0 Å². The first kappa shape index (κ1) is 12.9. The molecule has 0 aliphatic heterocycles. The Morgan fingerprint density at radius 1 is 1.05 bits per heavy atom. The van der Waals surface area contributed by atoms with Gasteiger partial charge in [0.15, 0.2) is 0 Å². The summed E-state index contributed by atoms with van der Waals surface area (Å²) in [6, 6.07) is 18.0. The second kappa shape index (κ2) is 5.88. The summed E-state index contributed by atoms with van der Waals surface area (Å²) < 4.78 is 0. The van der Waals surface area contributed by atoms with Crippen LogP contribution in [0.3, 0.4) is 0 Å². The summed E-state index contributed by atoms with van der Waals surface area (Å²) in [6.07, 6.45) is 1.11. The number of anilines is 1. The van der Waals surface area contributed by atoms with Crippen molar-refractivity contribution in [2.45, 2.75) is 12.3 Å². The van der Waals surface area contributed by atoms with E-state index in [1.807, 2.05) is 30.3 Å². The normalized spacial score (nSPS) is 16.1. The Morgan fingerprint density at radius 3 is 2.60 bits per heavy atom. The molecule has 0 fully saturated rings. The fraction of sp³-hybridized carbons (Fsp3) is 0.235. The van der Waals surface area contributed by atoms with Crippen molar-refractivity contribution in [1.82, 2.24) is 5.32 Å². The van der Waals surface area contributed by atoms with Gasteiger partial charge in [-0.1, -0.05) is 42.5 Å². The van der Waals surface area contributed by atoms with Crippen molar-refractivity contribution < 1.29 is 4.79 Å². The lowest BCUT2D eigenvalue weighted by Crippen LogP contribution is -2.34. The van der Waals surface area contributed by atoms with Crippen molar-refractivity contribution in [1.29, 1.82) is 0 Å². The SMILES string of the molecule is O=C(CNCC1Cc2ccccc21)Nc1ccccc1. The Labute approximate surface area is 119 Å². The van der Waals surface area contributed by atoms with Crippen LogP contribution >= 0.6 is 0 Å². The van der Waals surface area contributed by atoms with E-state index in [1.165, 1.54) is 11.1 Å². The van der Waals surface area contributed by atoms with Gasteiger partial charge in [-0.25, -0.2) is 0 Å². The van der Waals surface area contributed by atoms with E-state index in [0.717, 1.165) is 18.7 Å². The van der Waals surface area contributed by atoms with E-state index in [-0.39, 0.29) is 5.91 Å². The lowest BCUT2D eigenvalue weighted by atomic mass is 9.78. The molecule has 1 aliphatic rings. The van der Waals surface area contributed by atoms with Gasteiger partial charge < -0.3 is 10.6 Å². The molecule has 0 saturated heterocycles. The molecule has 2 aromatic rings. The van der Waals surface area contributed by atoms with Crippen LogP contribution in [0.2, 0.25) is 0 Å². The highest BCUT2D eigenvalue weighted by Crippen LogP contribution is 2.33. The third kappa shape index (κ3) is 2.89. The molecular formula is C17H18N2O. The summed E-state index contributed by atoms with van der Waals surface area (Å²) >= 11 is 0. The summed E-state index contributed by atoms with van der Waals surface area (Å²) in [5.74, 6) is 0.555. The van der Waals surface area contributed by atoms with Crippen LogP contribution in [0.15, 0.2) is 54.6 Å². The van der Waals surface area contributed by atoms with Gasteiger partial charge in [0.2, 0.25) is 5.91 Å². The van der Waals surface area contributed by atoms with E-state index >= 15 is 0 Å². The second-order valence-electron chi connectivity index (χ2n) is 5.14. The average Bonchev–Trinajstić information content (AvgIpc) is 2.45. The van der Waals surface area contributed by atoms with Gasteiger partial charge in [0.05, 0.1) is 6.54 Å². The van der Waals surface area contributed by atoms with Crippen LogP contribution in [-0.2, 0) is 11.2 Å². The minimum absolute atomic E-state index is 0.00353. The Hall–Kier alpha value is -2.13. The molecule has 102 valence electrons. The zero-order valence-electron chi connectivity index (χ0n) is 11.3. The number of nitrogens with one attached hydrogen (secondary N) is 2. The van der Waals surface area contributed by atoms with Crippen LogP contribution in [-0.4, -0.2) is 19.0 Å². The summed E-state index contributed by atoms with van der Waals surface area (Å²) in [7, 11) is 0. The largest absolute Gasteiger partial charge is 0.325 e. The average molecular weight is 266 g/mol. The van der Waals surface area contributed by atoms with Gasteiger partial charge in [-0.3, -0.25) is 4.79 Å². The molecule has 20 heavy (non-hydrogen) atoms. The summed E-state index contributed by atoms with van der Waals surface area (Å²) in [6.45, 7) is 1.22.